The van der Waals surface area contributed by atoms with Gasteiger partial charge in [0, 0.05) is 68.5 Å². The van der Waals surface area contributed by atoms with Gasteiger partial charge in [-0.2, -0.15) is 0 Å². The fraction of sp³-hybridized carbons (Fsp3) is 0.370. The molecule has 2 saturated heterocycles. The van der Waals surface area contributed by atoms with Crippen LogP contribution in [0.5, 0.6) is 5.75 Å². The monoisotopic (exact) mass is 497 g/mol. The highest BCUT2D eigenvalue weighted by Gasteiger charge is 2.26. The van der Waals surface area contributed by atoms with Gasteiger partial charge in [0.1, 0.15) is 11.6 Å². The number of hydrogen-bond donors (Lipinski definition) is 1. The highest BCUT2D eigenvalue weighted by Crippen LogP contribution is 2.34. The first-order valence-electron chi connectivity index (χ1n) is 12.0. The molecule has 0 saturated carbocycles. The molecule has 0 aliphatic carbocycles. The number of phenols is 1. The van der Waals surface area contributed by atoms with E-state index in [4.69, 9.17) is 16.3 Å². The largest absolute Gasteiger partial charge is 0.507 e. The van der Waals surface area contributed by atoms with E-state index in [1.165, 1.54) is 6.07 Å². The molecule has 5 rings (SSSR count). The molecule has 0 radical (unpaired) electrons. The number of fused-ring (bicyclic) bond motifs is 1. The lowest BCUT2D eigenvalue weighted by molar-refractivity contribution is 0.0301. The van der Waals surface area contributed by atoms with Crippen molar-refractivity contribution in [1.82, 2.24) is 14.7 Å². The van der Waals surface area contributed by atoms with Crippen molar-refractivity contribution < 1.29 is 19.0 Å². The minimum atomic E-state index is -0.280. The predicted molar refractivity (Wildman–Crippen MR) is 134 cm³/mol. The van der Waals surface area contributed by atoms with Gasteiger partial charge in [-0.25, -0.2) is 4.39 Å². The Labute approximate surface area is 209 Å². The Morgan fingerprint density at radius 3 is 2.26 bits per heavy atom. The van der Waals surface area contributed by atoms with E-state index in [1.807, 2.05) is 24.3 Å². The Kier molecular flexibility index (Phi) is 7.20. The second-order valence-electron chi connectivity index (χ2n) is 9.13. The third kappa shape index (κ3) is 5.14. The van der Waals surface area contributed by atoms with Crippen molar-refractivity contribution in [2.45, 2.75) is 13.1 Å². The normalized spacial score (nSPS) is 17.7. The summed E-state index contributed by atoms with van der Waals surface area (Å²) < 4.78 is 19.6. The Balaban J connectivity index is 1.34. The number of phenolic OH excluding ortho intramolecular Hbond substituents is 1. The van der Waals surface area contributed by atoms with E-state index in [-0.39, 0.29) is 17.5 Å². The first-order valence-corrected chi connectivity index (χ1v) is 12.4. The molecular formula is C27H29ClFN3O3. The quantitative estimate of drug-likeness (QED) is 0.574. The summed E-state index contributed by atoms with van der Waals surface area (Å²) in [4.78, 5) is 19.4. The zero-order chi connectivity index (χ0) is 24.4. The van der Waals surface area contributed by atoms with Gasteiger partial charge in [0.2, 0.25) is 0 Å². The number of nitrogens with zero attached hydrogens (tertiary/aromatic N) is 3. The molecule has 0 unspecified atom stereocenters. The maximum Gasteiger partial charge on any atom is 0.257 e. The highest BCUT2D eigenvalue weighted by molar-refractivity contribution is 6.31. The first-order chi connectivity index (χ1) is 17.0. The van der Waals surface area contributed by atoms with E-state index in [0.29, 0.717) is 55.5 Å². The van der Waals surface area contributed by atoms with Crippen LogP contribution in [-0.4, -0.2) is 78.2 Å². The molecule has 184 valence electrons. The maximum atomic E-state index is 14.2. The Morgan fingerprint density at radius 1 is 0.914 bits per heavy atom. The number of carbonyl (C=O) groups excluding carboxylic acids is 1. The van der Waals surface area contributed by atoms with Crippen molar-refractivity contribution in [1.29, 1.82) is 0 Å². The summed E-state index contributed by atoms with van der Waals surface area (Å²) in [5.41, 5.74) is 1.64. The standard InChI is InChI=1S/C27H29ClFN3O3/c28-24-6-3-7-25(29)23(24)18-31-10-8-30(9-11-31)17-22-20-5-2-1-4-19(20)16-21(26(22)33)27(34)32-12-14-35-15-13-32/h1-7,16,33H,8-15,17-18H2. The summed E-state index contributed by atoms with van der Waals surface area (Å²) in [5, 5.41) is 13.6. The van der Waals surface area contributed by atoms with Crippen molar-refractivity contribution in [3.63, 3.8) is 0 Å². The van der Waals surface area contributed by atoms with Crippen LogP contribution in [0.25, 0.3) is 10.8 Å². The molecule has 35 heavy (non-hydrogen) atoms. The third-order valence-corrected chi connectivity index (χ3v) is 7.30. The molecule has 0 bridgehead atoms. The summed E-state index contributed by atoms with van der Waals surface area (Å²) in [6.45, 7) is 6.11. The Morgan fingerprint density at radius 2 is 1.57 bits per heavy atom. The van der Waals surface area contributed by atoms with Gasteiger partial charge in [-0.1, -0.05) is 41.9 Å². The minimum Gasteiger partial charge on any atom is -0.507 e. The lowest BCUT2D eigenvalue weighted by atomic mass is 9.97. The fourth-order valence-corrected chi connectivity index (χ4v) is 5.13. The number of piperazine rings is 1. The van der Waals surface area contributed by atoms with Gasteiger partial charge >= 0.3 is 0 Å². The van der Waals surface area contributed by atoms with Gasteiger partial charge in [0.15, 0.2) is 0 Å². The molecular weight excluding hydrogens is 469 g/mol. The van der Waals surface area contributed by atoms with Crippen molar-refractivity contribution >= 4 is 28.3 Å². The Hall–Kier alpha value is -2.71. The molecule has 3 aromatic rings. The van der Waals surface area contributed by atoms with E-state index in [1.54, 1.807) is 23.1 Å². The summed E-state index contributed by atoms with van der Waals surface area (Å²) in [7, 11) is 0. The van der Waals surface area contributed by atoms with E-state index in [2.05, 4.69) is 9.80 Å². The lowest BCUT2D eigenvalue weighted by Crippen LogP contribution is -2.45. The van der Waals surface area contributed by atoms with Crippen molar-refractivity contribution in [3.8, 4) is 5.75 Å². The van der Waals surface area contributed by atoms with Crippen LogP contribution < -0.4 is 0 Å². The first kappa shape index (κ1) is 24.0. The molecule has 6 nitrogen and oxygen atoms in total. The maximum absolute atomic E-state index is 14.2. The molecule has 3 aromatic carbocycles. The SMILES string of the molecule is O=C(c1cc2ccccc2c(CN2CCN(Cc3c(F)cccc3Cl)CC2)c1O)N1CCOCC1. The summed E-state index contributed by atoms with van der Waals surface area (Å²) in [6, 6.07) is 14.4. The molecule has 1 amide bonds. The van der Waals surface area contributed by atoms with Crippen molar-refractivity contribution in [2.75, 3.05) is 52.5 Å². The number of aromatic hydroxyl groups is 1. The third-order valence-electron chi connectivity index (χ3n) is 6.95. The van der Waals surface area contributed by atoms with Gasteiger partial charge in [0.05, 0.1) is 18.8 Å². The van der Waals surface area contributed by atoms with Crippen LogP contribution >= 0.6 is 11.6 Å². The minimum absolute atomic E-state index is 0.0563. The van der Waals surface area contributed by atoms with Crippen molar-refractivity contribution in [2.24, 2.45) is 0 Å². The van der Waals surface area contributed by atoms with Crippen LogP contribution in [0.4, 0.5) is 4.39 Å². The smallest absolute Gasteiger partial charge is 0.257 e. The molecule has 2 fully saturated rings. The summed E-state index contributed by atoms with van der Waals surface area (Å²) >= 11 is 6.21. The van der Waals surface area contributed by atoms with Gasteiger partial charge in [-0.3, -0.25) is 14.6 Å². The predicted octanol–water partition coefficient (Wildman–Crippen LogP) is 4.13. The molecule has 0 atom stereocenters. The Bertz CT molecular complexity index is 1200. The number of ether oxygens (including phenoxy) is 1. The fourth-order valence-electron chi connectivity index (χ4n) is 4.91. The number of amides is 1. The number of hydrogen-bond acceptors (Lipinski definition) is 5. The zero-order valence-corrected chi connectivity index (χ0v) is 20.3. The van der Waals surface area contributed by atoms with E-state index >= 15 is 0 Å². The zero-order valence-electron chi connectivity index (χ0n) is 19.6. The number of morpholine rings is 1. The summed E-state index contributed by atoms with van der Waals surface area (Å²) in [6.07, 6.45) is 0. The number of halogens is 2. The van der Waals surface area contributed by atoms with Crippen LogP contribution in [-0.2, 0) is 17.8 Å². The van der Waals surface area contributed by atoms with Gasteiger partial charge in [-0.15, -0.1) is 0 Å². The molecule has 2 heterocycles. The lowest BCUT2D eigenvalue weighted by Gasteiger charge is -2.35. The number of benzene rings is 3. The molecule has 8 heteroatoms. The van der Waals surface area contributed by atoms with Crippen molar-refractivity contribution in [3.05, 3.63) is 76.1 Å². The van der Waals surface area contributed by atoms with Gasteiger partial charge < -0.3 is 14.7 Å². The highest BCUT2D eigenvalue weighted by atomic mass is 35.5. The summed E-state index contributed by atoms with van der Waals surface area (Å²) in [5.74, 6) is -0.386. The second-order valence-corrected chi connectivity index (χ2v) is 9.54. The van der Waals surface area contributed by atoms with Gasteiger partial charge in [-0.05, 0) is 29.0 Å². The van der Waals surface area contributed by atoms with E-state index in [0.717, 1.165) is 42.5 Å². The average Bonchev–Trinajstić information content (AvgIpc) is 2.89. The molecule has 0 spiro atoms. The molecule has 1 N–H and O–H groups in total. The van der Waals surface area contributed by atoms with Crippen LogP contribution in [0.3, 0.4) is 0 Å². The van der Waals surface area contributed by atoms with E-state index in [9.17, 15) is 14.3 Å². The van der Waals surface area contributed by atoms with Crippen LogP contribution in [0, 0.1) is 5.82 Å². The number of rotatable bonds is 5. The van der Waals surface area contributed by atoms with Crippen LogP contribution in [0.15, 0.2) is 48.5 Å². The molecule has 0 aromatic heterocycles. The molecule has 2 aliphatic heterocycles. The molecule has 2 aliphatic rings. The van der Waals surface area contributed by atoms with Gasteiger partial charge in [0.25, 0.3) is 5.91 Å². The second kappa shape index (κ2) is 10.5. The topological polar surface area (TPSA) is 56.2 Å². The average molecular weight is 498 g/mol. The van der Waals surface area contributed by atoms with Crippen LogP contribution in [0.1, 0.15) is 21.5 Å². The van der Waals surface area contributed by atoms with Crippen LogP contribution in [0.2, 0.25) is 5.02 Å². The van der Waals surface area contributed by atoms with E-state index < -0.39 is 0 Å². The number of carbonyl (C=O) groups is 1.